The summed E-state index contributed by atoms with van der Waals surface area (Å²) in [7, 11) is 0. The van der Waals surface area contributed by atoms with Gasteiger partial charge in [0.15, 0.2) is 0 Å². The minimum absolute atomic E-state index is 0.0138. The SMILES string of the molecule is N[C@H](CN(Cc1ccccc1)c1ccccc1)c1ccccc1. The van der Waals surface area contributed by atoms with E-state index in [9.17, 15) is 0 Å². The third kappa shape index (κ3) is 4.21. The molecule has 2 heteroatoms. The fourth-order valence-electron chi connectivity index (χ4n) is 2.75. The molecule has 0 fully saturated rings. The fraction of sp³-hybridized carbons (Fsp3) is 0.143. The zero-order valence-corrected chi connectivity index (χ0v) is 13.2. The van der Waals surface area contributed by atoms with Crippen LogP contribution in [0.4, 0.5) is 5.69 Å². The number of anilines is 1. The normalized spacial score (nSPS) is 11.9. The lowest BCUT2D eigenvalue weighted by Crippen LogP contribution is -2.31. The second kappa shape index (κ2) is 7.61. The van der Waals surface area contributed by atoms with E-state index in [1.807, 2.05) is 30.3 Å². The van der Waals surface area contributed by atoms with Crippen LogP contribution in [0.1, 0.15) is 17.2 Å². The molecule has 3 aromatic rings. The summed E-state index contributed by atoms with van der Waals surface area (Å²) in [6, 6.07) is 31.3. The van der Waals surface area contributed by atoms with Crippen LogP contribution in [0.3, 0.4) is 0 Å². The van der Waals surface area contributed by atoms with Gasteiger partial charge in [0.2, 0.25) is 0 Å². The van der Waals surface area contributed by atoms with Crippen molar-refractivity contribution in [1.29, 1.82) is 0 Å². The summed E-state index contributed by atoms with van der Waals surface area (Å²) in [6.45, 7) is 1.63. The molecule has 0 unspecified atom stereocenters. The first-order valence-corrected chi connectivity index (χ1v) is 7.97. The number of nitrogens with two attached hydrogens (primary N) is 1. The van der Waals surface area contributed by atoms with E-state index in [2.05, 4.69) is 65.6 Å². The molecule has 0 heterocycles. The zero-order valence-electron chi connectivity index (χ0n) is 13.2. The van der Waals surface area contributed by atoms with Crippen molar-refractivity contribution in [2.75, 3.05) is 11.4 Å². The van der Waals surface area contributed by atoms with Gasteiger partial charge >= 0.3 is 0 Å². The largest absolute Gasteiger partial charge is 0.365 e. The van der Waals surface area contributed by atoms with Gasteiger partial charge in [-0.25, -0.2) is 0 Å². The highest BCUT2D eigenvalue weighted by atomic mass is 15.1. The van der Waals surface area contributed by atoms with Gasteiger partial charge in [-0.1, -0.05) is 78.9 Å². The molecule has 0 spiro atoms. The zero-order chi connectivity index (χ0) is 15.9. The first kappa shape index (κ1) is 15.3. The monoisotopic (exact) mass is 302 g/mol. The maximum atomic E-state index is 6.45. The Bertz CT molecular complexity index is 696. The molecule has 0 bridgehead atoms. The van der Waals surface area contributed by atoms with Crippen molar-refractivity contribution in [2.24, 2.45) is 5.73 Å². The van der Waals surface area contributed by atoms with E-state index in [0.717, 1.165) is 13.1 Å². The summed E-state index contributed by atoms with van der Waals surface area (Å²) in [6.07, 6.45) is 0. The molecular weight excluding hydrogens is 280 g/mol. The number of rotatable bonds is 6. The van der Waals surface area contributed by atoms with Gasteiger partial charge in [0.25, 0.3) is 0 Å². The lowest BCUT2D eigenvalue weighted by atomic mass is 10.1. The predicted octanol–water partition coefficient (Wildman–Crippen LogP) is 4.39. The summed E-state index contributed by atoms with van der Waals surface area (Å²) in [5.74, 6) is 0. The van der Waals surface area contributed by atoms with Gasteiger partial charge in [0.1, 0.15) is 0 Å². The topological polar surface area (TPSA) is 29.3 Å². The summed E-state index contributed by atoms with van der Waals surface area (Å²) in [5.41, 5.74) is 10.1. The first-order chi connectivity index (χ1) is 11.3. The van der Waals surface area contributed by atoms with E-state index >= 15 is 0 Å². The maximum absolute atomic E-state index is 6.45. The molecule has 1 atom stereocenters. The lowest BCUT2D eigenvalue weighted by molar-refractivity contribution is 0.664. The van der Waals surface area contributed by atoms with Crippen molar-refractivity contribution in [3.8, 4) is 0 Å². The molecule has 3 rings (SSSR count). The highest BCUT2D eigenvalue weighted by Gasteiger charge is 2.13. The predicted molar refractivity (Wildman–Crippen MR) is 97.3 cm³/mol. The van der Waals surface area contributed by atoms with Gasteiger partial charge in [-0.2, -0.15) is 0 Å². The van der Waals surface area contributed by atoms with E-state index < -0.39 is 0 Å². The minimum atomic E-state index is -0.0138. The van der Waals surface area contributed by atoms with Crippen molar-refractivity contribution >= 4 is 5.69 Å². The first-order valence-electron chi connectivity index (χ1n) is 7.97. The van der Waals surface area contributed by atoms with Crippen LogP contribution in [0.5, 0.6) is 0 Å². The van der Waals surface area contributed by atoms with Crippen molar-refractivity contribution in [1.82, 2.24) is 0 Å². The summed E-state index contributed by atoms with van der Waals surface area (Å²) in [4.78, 5) is 2.34. The Labute approximate surface area is 138 Å². The molecule has 116 valence electrons. The Morgan fingerprint density at radius 2 is 1.22 bits per heavy atom. The van der Waals surface area contributed by atoms with Crippen LogP contribution in [0.15, 0.2) is 91.0 Å². The number of benzene rings is 3. The van der Waals surface area contributed by atoms with Crippen molar-refractivity contribution in [3.05, 3.63) is 102 Å². The van der Waals surface area contributed by atoms with Gasteiger partial charge < -0.3 is 10.6 Å². The van der Waals surface area contributed by atoms with Gasteiger partial charge in [0, 0.05) is 24.8 Å². The van der Waals surface area contributed by atoms with Crippen LogP contribution in [0.25, 0.3) is 0 Å². The second-order valence-corrected chi connectivity index (χ2v) is 5.72. The summed E-state index contributed by atoms with van der Waals surface area (Å²) >= 11 is 0. The molecule has 0 aliphatic heterocycles. The maximum Gasteiger partial charge on any atom is 0.0473 e. The van der Waals surface area contributed by atoms with E-state index in [-0.39, 0.29) is 6.04 Å². The molecule has 2 N–H and O–H groups in total. The highest BCUT2D eigenvalue weighted by Crippen LogP contribution is 2.20. The van der Waals surface area contributed by atoms with Crippen LogP contribution >= 0.6 is 0 Å². The van der Waals surface area contributed by atoms with Gasteiger partial charge in [-0.05, 0) is 23.3 Å². The molecule has 0 aliphatic carbocycles. The van der Waals surface area contributed by atoms with Crippen LogP contribution in [0, 0.1) is 0 Å². The van der Waals surface area contributed by atoms with Gasteiger partial charge in [0.05, 0.1) is 0 Å². The van der Waals surface area contributed by atoms with Crippen molar-refractivity contribution in [2.45, 2.75) is 12.6 Å². The lowest BCUT2D eigenvalue weighted by Gasteiger charge is -2.28. The minimum Gasteiger partial charge on any atom is -0.365 e. The molecule has 0 aliphatic rings. The van der Waals surface area contributed by atoms with Crippen LogP contribution < -0.4 is 10.6 Å². The standard InChI is InChI=1S/C21H22N2/c22-21(19-12-6-2-7-13-19)17-23(20-14-8-3-9-15-20)16-18-10-4-1-5-11-18/h1-15,21H,16-17,22H2/t21-/m1/s1. The van der Waals surface area contributed by atoms with E-state index in [1.165, 1.54) is 16.8 Å². The molecule has 2 nitrogen and oxygen atoms in total. The van der Waals surface area contributed by atoms with Crippen LogP contribution in [0.2, 0.25) is 0 Å². The number of hydrogen-bond donors (Lipinski definition) is 1. The van der Waals surface area contributed by atoms with Gasteiger partial charge in [-0.3, -0.25) is 0 Å². The molecule has 0 saturated carbocycles. The smallest absolute Gasteiger partial charge is 0.0473 e. The third-order valence-corrected chi connectivity index (χ3v) is 3.98. The van der Waals surface area contributed by atoms with Crippen molar-refractivity contribution in [3.63, 3.8) is 0 Å². The Morgan fingerprint density at radius 1 is 0.696 bits per heavy atom. The number of nitrogens with zero attached hydrogens (tertiary/aromatic N) is 1. The third-order valence-electron chi connectivity index (χ3n) is 3.98. The molecule has 3 aromatic carbocycles. The Morgan fingerprint density at radius 3 is 1.83 bits per heavy atom. The number of hydrogen-bond acceptors (Lipinski definition) is 2. The summed E-state index contributed by atoms with van der Waals surface area (Å²) in [5, 5.41) is 0. The highest BCUT2D eigenvalue weighted by molar-refractivity contribution is 5.47. The van der Waals surface area contributed by atoms with E-state index in [1.54, 1.807) is 0 Å². The quantitative estimate of drug-likeness (QED) is 0.731. The summed E-state index contributed by atoms with van der Waals surface area (Å²) < 4.78 is 0. The van der Waals surface area contributed by atoms with Gasteiger partial charge in [-0.15, -0.1) is 0 Å². The molecule has 0 amide bonds. The molecule has 23 heavy (non-hydrogen) atoms. The average molecular weight is 302 g/mol. The van der Waals surface area contributed by atoms with E-state index in [4.69, 9.17) is 5.73 Å². The molecular formula is C21H22N2. The van der Waals surface area contributed by atoms with Crippen LogP contribution in [-0.4, -0.2) is 6.54 Å². The fourth-order valence-corrected chi connectivity index (χ4v) is 2.75. The Kier molecular flexibility index (Phi) is 5.07. The Hall–Kier alpha value is -2.58. The van der Waals surface area contributed by atoms with E-state index in [0.29, 0.717) is 0 Å². The second-order valence-electron chi connectivity index (χ2n) is 5.72. The molecule has 0 saturated heterocycles. The number of para-hydroxylation sites is 1. The van der Waals surface area contributed by atoms with Crippen LogP contribution in [-0.2, 0) is 6.54 Å². The molecule has 0 aromatic heterocycles. The molecule has 0 radical (unpaired) electrons. The Balaban J connectivity index is 1.81. The average Bonchev–Trinajstić information content (AvgIpc) is 2.63. The van der Waals surface area contributed by atoms with Crippen molar-refractivity contribution < 1.29 is 0 Å².